The molecular formula is C24H29N3O2. The minimum Gasteiger partial charge on any atom is -0.332 e. The number of carbonyl (C=O) groups is 2. The van der Waals surface area contributed by atoms with Crippen LogP contribution in [0.2, 0.25) is 0 Å². The van der Waals surface area contributed by atoms with Crippen molar-refractivity contribution >= 4 is 17.5 Å². The van der Waals surface area contributed by atoms with Crippen molar-refractivity contribution in [3.05, 3.63) is 59.9 Å². The average Bonchev–Trinajstić information content (AvgIpc) is 2.72. The second-order valence-electron chi connectivity index (χ2n) is 8.73. The molecule has 0 saturated heterocycles. The number of nitrogens with zero attached hydrogens (tertiary/aromatic N) is 2. The summed E-state index contributed by atoms with van der Waals surface area (Å²) in [6, 6.07) is 11.3. The highest BCUT2D eigenvalue weighted by molar-refractivity contribution is 6.05. The zero-order valence-electron chi connectivity index (χ0n) is 17.2. The number of aromatic nitrogens is 1. The van der Waals surface area contributed by atoms with Crippen molar-refractivity contribution < 1.29 is 9.59 Å². The van der Waals surface area contributed by atoms with Crippen molar-refractivity contribution in [3.8, 4) is 0 Å². The first-order chi connectivity index (χ1) is 14.0. The monoisotopic (exact) mass is 391 g/mol. The predicted molar refractivity (Wildman–Crippen MR) is 114 cm³/mol. The number of anilines is 1. The Bertz CT molecular complexity index is 888. The summed E-state index contributed by atoms with van der Waals surface area (Å²) in [5.41, 5.74) is 1.75. The van der Waals surface area contributed by atoms with Crippen LogP contribution < -0.4 is 5.32 Å². The Morgan fingerprint density at radius 2 is 1.93 bits per heavy atom. The summed E-state index contributed by atoms with van der Waals surface area (Å²) in [6.07, 6.45) is 8.33. The van der Waals surface area contributed by atoms with Crippen LogP contribution in [-0.2, 0) is 4.79 Å². The minimum absolute atomic E-state index is 0.0476. The maximum Gasteiger partial charge on any atom is 0.254 e. The molecule has 1 fully saturated rings. The highest BCUT2D eigenvalue weighted by Gasteiger charge is 2.54. The molecule has 4 rings (SSSR count). The summed E-state index contributed by atoms with van der Waals surface area (Å²) in [7, 11) is 0. The van der Waals surface area contributed by atoms with Gasteiger partial charge in [0.25, 0.3) is 5.91 Å². The van der Waals surface area contributed by atoms with Crippen molar-refractivity contribution in [1.29, 1.82) is 0 Å². The Kier molecular flexibility index (Phi) is 5.39. The summed E-state index contributed by atoms with van der Waals surface area (Å²) in [5.74, 6) is -0.0176. The van der Waals surface area contributed by atoms with E-state index in [1.54, 1.807) is 12.4 Å². The number of pyridine rings is 1. The maximum absolute atomic E-state index is 13.7. The molecule has 2 heterocycles. The van der Waals surface area contributed by atoms with Gasteiger partial charge in [-0.15, -0.1) is 0 Å². The molecule has 29 heavy (non-hydrogen) atoms. The zero-order valence-corrected chi connectivity index (χ0v) is 17.2. The third-order valence-electron chi connectivity index (χ3n) is 6.28. The van der Waals surface area contributed by atoms with Gasteiger partial charge in [-0.1, -0.05) is 51.3 Å². The van der Waals surface area contributed by atoms with E-state index in [0.29, 0.717) is 23.7 Å². The van der Waals surface area contributed by atoms with E-state index in [0.717, 1.165) is 37.7 Å². The summed E-state index contributed by atoms with van der Waals surface area (Å²) in [4.78, 5) is 33.4. The third-order valence-corrected chi connectivity index (χ3v) is 6.28. The second kappa shape index (κ2) is 7.97. The number of nitrogens with one attached hydrogen (secondary N) is 1. The first kappa shape index (κ1) is 19.6. The molecule has 1 saturated carbocycles. The molecule has 2 aromatic rings. The van der Waals surface area contributed by atoms with Crippen molar-refractivity contribution in [2.75, 3.05) is 11.9 Å². The van der Waals surface area contributed by atoms with Gasteiger partial charge in [-0.05, 0) is 42.5 Å². The zero-order chi connectivity index (χ0) is 20.4. The standard InChI is InChI=1S/C24H29N3O2/c1-17(2)16-27-23(29)20-11-5-4-10-19(20)21(24(27)12-6-3-7-13-24)22(28)26-18-9-8-14-25-15-18/h4-5,8-11,14-15,17,21H,3,6-7,12-13,16H2,1-2H3,(H,26,28). The molecule has 1 aliphatic carbocycles. The average molecular weight is 392 g/mol. The van der Waals surface area contributed by atoms with Gasteiger partial charge < -0.3 is 10.2 Å². The van der Waals surface area contributed by atoms with Crippen molar-refractivity contribution in [2.45, 2.75) is 57.4 Å². The van der Waals surface area contributed by atoms with Gasteiger partial charge in [0.2, 0.25) is 5.91 Å². The van der Waals surface area contributed by atoms with Crippen molar-refractivity contribution in [1.82, 2.24) is 9.88 Å². The van der Waals surface area contributed by atoms with E-state index in [2.05, 4.69) is 24.1 Å². The molecule has 1 aliphatic heterocycles. The van der Waals surface area contributed by atoms with Crippen LogP contribution in [0.1, 0.15) is 67.8 Å². The van der Waals surface area contributed by atoms with Gasteiger partial charge in [0, 0.05) is 18.3 Å². The summed E-state index contributed by atoms with van der Waals surface area (Å²) in [5, 5.41) is 3.07. The molecule has 2 amide bonds. The van der Waals surface area contributed by atoms with Crippen LogP contribution >= 0.6 is 0 Å². The molecule has 0 bridgehead atoms. The van der Waals surface area contributed by atoms with Crippen LogP contribution in [0.5, 0.6) is 0 Å². The van der Waals surface area contributed by atoms with E-state index >= 15 is 0 Å². The number of hydrogen-bond acceptors (Lipinski definition) is 3. The summed E-state index contributed by atoms with van der Waals surface area (Å²) < 4.78 is 0. The number of carbonyl (C=O) groups excluding carboxylic acids is 2. The molecule has 1 aromatic heterocycles. The van der Waals surface area contributed by atoms with Gasteiger partial charge in [0.15, 0.2) is 0 Å². The van der Waals surface area contributed by atoms with Crippen molar-refractivity contribution in [2.24, 2.45) is 5.92 Å². The second-order valence-corrected chi connectivity index (χ2v) is 8.73. The quantitative estimate of drug-likeness (QED) is 0.827. The van der Waals surface area contributed by atoms with E-state index in [1.807, 2.05) is 41.3 Å². The molecule has 1 unspecified atom stereocenters. The van der Waals surface area contributed by atoms with Crippen LogP contribution in [-0.4, -0.2) is 33.8 Å². The molecule has 2 aliphatic rings. The predicted octanol–water partition coefficient (Wildman–Crippen LogP) is 4.62. The largest absolute Gasteiger partial charge is 0.332 e. The summed E-state index contributed by atoms with van der Waals surface area (Å²) in [6.45, 7) is 4.94. The normalized spacial score (nSPS) is 20.6. The molecule has 5 nitrogen and oxygen atoms in total. The first-order valence-electron chi connectivity index (χ1n) is 10.6. The third kappa shape index (κ3) is 3.54. The fourth-order valence-electron chi connectivity index (χ4n) is 5.13. The lowest BCUT2D eigenvalue weighted by Crippen LogP contribution is -2.62. The lowest BCUT2D eigenvalue weighted by molar-refractivity contribution is -0.122. The van der Waals surface area contributed by atoms with Crippen LogP contribution in [0.15, 0.2) is 48.8 Å². The number of rotatable bonds is 4. The fraction of sp³-hybridized carbons (Fsp3) is 0.458. The van der Waals surface area contributed by atoms with Crippen LogP contribution in [0, 0.1) is 5.92 Å². The van der Waals surface area contributed by atoms with Gasteiger partial charge in [0.05, 0.1) is 23.3 Å². The molecule has 1 spiro atoms. The summed E-state index contributed by atoms with van der Waals surface area (Å²) >= 11 is 0. The topological polar surface area (TPSA) is 62.3 Å². The highest BCUT2D eigenvalue weighted by Crippen LogP contribution is 2.49. The van der Waals surface area contributed by atoms with Gasteiger partial charge in [-0.2, -0.15) is 0 Å². The van der Waals surface area contributed by atoms with E-state index in [1.165, 1.54) is 0 Å². The van der Waals surface area contributed by atoms with E-state index in [9.17, 15) is 9.59 Å². The SMILES string of the molecule is CC(C)CN1C(=O)c2ccccc2C(C(=O)Nc2cccnc2)C12CCCCC2. The highest BCUT2D eigenvalue weighted by atomic mass is 16.2. The lowest BCUT2D eigenvalue weighted by Gasteiger charge is -2.54. The first-order valence-corrected chi connectivity index (χ1v) is 10.6. The van der Waals surface area contributed by atoms with Gasteiger partial charge in [0.1, 0.15) is 0 Å². The Balaban J connectivity index is 1.83. The van der Waals surface area contributed by atoms with Crippen LogP contribution in [0.4, 0.5) is 5.69 Å². The van der Waals surface area contributed by atoms with Gasteiger partial charge in [-0.3, -0.25) is 14.6 Å². The van der Waals surface area contributed by atoms with Crippen LogP contribution in [0.25, 0.3) is 0 Å². The molecule has 1 N–H and O–H groups in total. The maximum atomic E-state index is 13.7. The van der Waals surface area contributed by atoms with Crippen molar-refractivity contribution in [3.63, 3.8) is 0 Å². The molecular weight excluding hydrogens is 362 g/mol. The molecule has 1 aromatic carbocycles. The van der Waals surface area contributed by atoms with Gasteiger partial charge >= 0.3 is 0 Å². The molecule has 1 atom stereocenters. The molecule has 0 radical (unpaired) electrons. The number of benzene rings is 1. The van der Waals surface area contributed by atoms with Gasteiger partial charge in [-0.25, -0.2) is 0 Å². The number of fused-ring (bicyclic) bond motifs is 1. The molecule has 5 heteroatoms. The Morgan fingerprint density at radius 3 is 2.62 bits per heavy atom. The van der Waals surface area contributed by atoms with E-state index in [-0.39, 0.29) is 17.7 Å². The Labute approximate surface area is 172 Å². The fourth-order valence-corrected chi connectivity index (χ4v) is 5.13. The number of amides is 2. The smallest absolute Gasteiger partial charge is 0.254 e. The minimum atomic E-state index is -0.458. The molecule has 152 valence electrons. The number of hydrogen-bond donors (Lipinski definition) is 1. The van der Waals surface area contributed by atoms with Crippen LogP contribution in [0.3, 0.4) is 0 Å². The van der Waals surface area contributed by atoms with E-state index < -0.39 is 5.54 Å². The lowest BCUT2D eigenvalue weighted by atomic mass is 9.65. The Morgan fingerprint density at radius 1 is 1.17 bits per heavy atom. The van der Waals surface area contributed by atoms with E-state index in [4.69, 9.17) is 0 Å². The Hall–Kier alpha value is -2.69.